The van der Waals surface area contributed by atoms with Crippen LogP contribution in [0.4, 0.5) is 13.2 Å². The van der Waals surface area contributed by atoms with Crippen molar-refractivity contribution in [2.24, 2.45) is 5.92 Å². The molecule has 3 N–H and O–H groups in total. The number of aromatic amines is 2. The Morgan fingerprint density at radius 2 is 2.14 bits per heavy atom. The van der Waals surface area contributed by atoms with Gasteiger partial charge in [-0.2, -0.15) is 13.2 Å². The molecule has 1 aliphatic heterocycles. The van der Waals surface area contributed by atoms with E-state index in [9.17, 15) is 18.0 Å². The summed E-state index contributed by atoms with van der Waals surface area (Å²) in [6, 6.07) is 3.09. The molecule has 1 aliphatic rings. The maximum atomic E-state index is 13.2. The van der Waals surface area contributed by atoms with E-state index in [1.165, 1.54) is 0 Å². The zero-order chi connectivity index (χ0) is 19.9. The van der Waals surface area contributed by atoms with Gasteiger partial charge in [-0.05, 0) is 54.9 Å². The van der Waals surface area contributed by atoms with Gasteiger partial charge < -0.3 is 14.9 Å². The summed E-state index contributed by atoms with van der Waals surface area (Å²) in [5.41, 5.74) is 2.26. The van der Waals surface area contributed by atoms with Crippen molar-refractivity contribution in [1.29, 1.82) is 0 Å². The van der Waals surface area contributed by atoms with Gasteiger partial charge in [0.05, 0.1) is 18.0 Å². The monoisotopic (exact) mass is 409 g/mol. The van der Waals surface area contributed by atoms with Crippen LogP contribution in [0.15, 0.2) is 35.5 Å². The Labute approximate surface area is 162 Å². The summed E-state index contributed by atoms with van der Waals surface area (Å²) in [7, 11) is 0. The van der Waals surface area contributed by atoms with Crippen LogP contribution < -0.4 is 10.9 Å². The normalized spacial score (nSPS) is 20.5. The highest BCUT2D eigenvalue weighted by atomic mass is 32.1. The van der Waals surface area contributed by atoms with Gasteiger partial charge in [-0.3, -0.25) is 14.8 Å². The SMILES string of the molecule is O=c1[nH]c(=S)n(Cc2ccncc2[C@H]2C[C@@H](C(F)(F)F)CCN2)c2cc[nH]c12. The second kappa shape index (κ2) is 7.17. The van der Waals surface area contributed by atoms with E-state index in [2.05, 4.69) is 20.3 Å². The van der Waals surface area contributed by atoms with E-state index >= 15 is 0 Å². The van der Waals surface area contributed by atoms with Crippen molar-refractivity contribution >= 4 is 23.3 Å². The van der Waals surface area contributed by atoms with Crippen molar-refractivity contribution in [1.82, 2.24) is 24.8 Å². The van der Waals surface area contributed by atoms with Gasteiger partial charge in [0.2, 0.25) is 0 Å². The molecule has 3 aromatic heterocycles. The lowest BCUT2D eigenvalue weighted by atomic mass is 9.87. The largest absolute Gasteiger partial charge is 0.391 e. The van der Waals surface area contributed by atoms with E-state index in [1.54, 1.807) is 35.3 Å². The third kappa shape index (κ3) is 3.49. The van der Waals surface area contributed by atoms with Gasteiger partial charge in [0, 0.05) is 24.6 Å². The maximum Gasteiger partial charge on any atom is 0.391 e. The molecule has 0 radical (unpaired) electrons. The predicted octanol–water partition coefficient (Wildman–Crippen LogP) is 3.43. The maximum absolute atomic E-state index is 13.2. The molecule has 148 valence electrons. The number of rotatable bonds is 3. The van der Waals surface area contributed by atoms with Crippen LogP contribution in [-0.4, -0.2) is 32.2 Å². The van der Waals surface area contributed by atoms with Crippen LogP contribution in [0, 0.1) is 10.7 Å². The van der Waals surface area contributed by atoms with Crippen LogP contribution in [0.5, 0.6) is 0 Å². The van der Waals surface area contributed by atoms with Crippen LogP contribution >= 0.6 is 12.2 Å². The molecule has 0 bridgehead atoms. The van der Waals surface area contributed by atoms with Crippen LogP contribution in [0.2, 0.25) is 0 Å². The first-order valence-corrected chi connectivity index (χ1v) is 9.28. The highest BCUT2D eigenvalue weighted by molar-refractivity contribution is 7.71. The molecule has 1 fully saturated rings. The summed E-state index contributed by atoms with van der Waals surface area (Å²) in [6.45, 7) is 0.611. The van der Waals surface area contributed by atoms with Gasteiger partial charge >= 0.3 is 6.18 Å². The van der Waals surface area contributed by atoms with Crippen molar-refractivity contribution in [2.75, 3.05) is 6.54 Å². The van der Waals surface area contributed by atoms with Crippen molar-refractivity contribution in [3.05, 3.63) is 57.0 Å². The molecule has 6 nitrogen and oxygen atoms in total. The lowest BCUT2D eigenvalue weighted by Gasteiger charge is -2.32. The number of fused-ring (bicyclic) bond motifs is 1. The minimum absolute atomic E-state index is 0.0290. The van der Waals surface area contributed by atoms with Crippen molar-refractivity contribution in [2.45, 2.75) is 31.6 Å². The Bertz CT molecular complexity index is 1120. The minimum atomic E-state index is -4.21. The smallest absolute Gasteiger partial charge is 0.355 e. The Morgan fingerprint density at radius 3 is 2.93 bits per heavy atom. The van der Waals surface area contributed by atoms with Crippen LogP contribution in [0.3, 0.4) is 0 Å². The first kappa shape index (κ1) is 18.9. The molecule has 0 spiro atoms. The molecule has 3 aromatic rings. The molecule has 1 saturated heterocycles. The van der Waals surface area contributed by atoms with Crippen LogP contribution in [0.25, 0.3) is 11.0 Å². The number of aromatic nitrogens is 4. The summed E-state index contributed by atoms with van der Waals surface area (Å²) in [5, 5.41) is 3.18. The third-order valence-corrected chi connectivity index (χ3v) is 5.55. The Hall–Kier alpha value is -2.46. The number of H-pyrrole nitrogens is 2. The quantitative estimate of drug-likeness (QED) is 0.579. The third-order valence-electron chi connectivity index (χ3n) is 5.23. The van der Waals surface area contributed by atoms with E-state index < -0.39 is 18.1 Å². The fraction of sp³-hybridized carbons (Fsp3) is 0.389. The van der Waals surface area contributed by atoms with Gasteiger partial charge in [-0.25, -0.2) is 0 Å². The molecule has 0 saturated carbocycles. The van der Waals surface area contributed by atoms with Crippen molar-refractivity contribution < 1.29 is 13.2 Å². The number of piperidine rings is 1. The molecule has 28 heavy (non-hydrogen) atoms. The second-order valence-corrected chi connectivity index (χ2v) is 7.31. The zero-order valence-electron chi connectivity index (χ0n) is 14.7. The Kier molecular flexibility index (Phi) is 4.84. The molecule has 10 heteroatoms. The molecule has 0 unspecified atom stereocenters. The predicted molar refractivity (Wildman–Crippen MR) is 101 cm³/mol. The van der Waals surface area contributed by atoms with Gasteiger partial charge in [-0.1, -0.05) is 0 Å². The molecule has 0 amide bonds. The number of nitrogens with zero attached hydrogens (tertiary/aromatic N) is 2. The molecule has 0 aromatic carbocycles. The number of alkyl halides is 3. The number of nitrogens with one attached hydrogen (secondary N) is 3. The topological polar surface area (TPSA) is 78.5 Å². The molecule has 4 heterocycles. The molecule has 2 atom stereocenters. The molecule has 4 rings (SSSR count). The zero-order valence-corrected chi connectivity index (χ0v) is 15.5. The number of pyridine rings is 1. The average molecular weight is 409 g/mol. The van der Waals surface area contributed by atoms with E-state index in [1.807, 2.05) is 0 Å². The first-order valence-electron chi connectivity index (χ1n) is 8.87. The molecular formula is C18H18F3N5OS. The number of hydrogen-bond acceptors (Lipinski definition) is 4. The lowest BCUT2D eigenvalue weighted by Crippen LogP contribution is -2.38. The van der Waals surface area contributed by atoms with Gasteiger partial charge in [0.15, 0.2) is 4.77 Å². The summed E-state index contributed by atoms with van der Waals surface area (Å²) in [5.74, 6) is -1.33. The summed E-state index contributed by atoms with van der Waals surface area (Å²) in [4.78, 5) is 21.6. The first-order chi connectivity index (χ1) is 13.3. The van der Waals surface area contributed by atoms with Gasteiger partial charge in [0.1, 0.15) is 5.52 Å². The second-order valence-electron chi connectivity index (χ2n) is 6.93. The molecular weight excluding hydrogens is 391 g/mol. The van der Waals surface area contributed by atoms with E-state index in [-0.39, 0.29) is 23.2 Å². The minimum Gasteiger partial charge on any atom is -0.355 e. The molecule has 0 aliphatic carbocycles. The Morgan fingerprint density at radius 1 is 1.32 bits per heavy atom. The number of hydrogen-bond donors (Lipinski definition) is 3. The van der Waals surface area contributed by atoms with Crippen molar-refractivity contribution in [3.63, 3.8) is 0 Å². The van der Waals surface area contributed by atoms with E-state index in [0.717, 1.165) is 5.56 Å². The highest BCUT2D eigenvalue weighted by Crippen LogP contribution is 2.38. The lowest BCUT2D eigenvalue weighted by molar-refractivity contribution is -0.183. The van der Waals surface area contributed by atoms with Crippen LogP contribution in [-0.2, 0) is 6.54 Å². The fourth-order valence-electron chi connectivity index (χ4n) is 3.78. The fourth-order valence-corrected chi connectivity index (χ4v) is 4.03. The van der Waals surface area contributed by atoms with E-state index in [0.29, 0.717) is 29.7 Å². The summed E-state index contributed by atoms with van der Waals surface area (Å²) < 4.78 is 41.6. The summed E-state index contributed by atoms with van der Waals surface area (Å²) >= 11 is 5.31. The highest BCUT2D eigenvalue weighted by Gasteiger charge is 2.42. The van der Waals surface area contributed by atoms with Crippen molar-refractivity contribution in [3.8, 4) is 0 Å². The number of halogens is 3. The van der Waals surface area contributed by atoms with Crippen LogP contribution in [0.1, 0.15) is 30.0 Å². The average Bonchev–Trinajstić information content (AvgIpc) is 3.15. The Balaban J connectivity index is 1.71. The van der Waals surface area contributed by atoms with E-state index in [4.69, 9.17) is 12.2 Å². The van der Waals surface area contributed by atoms with Gasteiger partial charge in [0.25, 0.3) is 5.56 Å². The standard InChI is InChI=1S/C18H18F3N5OS/c19-18(20,21)11-2-5-23-13(7-11)12-8-22-4-1-10(12)9-26-14-3-6-24-15(14)16(27)25-17(26)28/h1,3-4,6,8,11,13,23-24H,2,5,7,9H2,(H,25,27,28)/t11-,13+/m0/s1. The summed E-state index contributed by atoms with van der Waals surface area (Å²) in [6.07, 6.45) is 0.696. The van der Waals surface area contributed by atoms with Gasteiger partial charge in [-0.15, -0.1) is 0 Å².